The normalized spacial score (nSPS) is 23.2. The number of benzene rings is 1. The van der Waals surface area contributed by atoms with Crippen molar-refractivity contribution in [3.05, 3.63) is 35.9 Å². The second-order valence-corrected chi connectivity index (χ2v) is 7.36. The van der Waals surface area contributed by atoms with Gasteiger partial charge in [-0.25, -0.2) is 4.79 Å². The third kappa shape index (κ3) is 5.77. The molecule has 2 N–H and O–H groups in total. The van der Waals surface area contributed by atoms with E-state index in [0.29, 0.717) is 18.4 Å². The number of carbonyl (C=O) groups is 1. The Balaban J connectivity index is 1.59. The van der Waals surface area contributed by atoms with E-state index < -0.39 is 10.8 Å². The summed E-state index contributed by atoms with van der Waals surface area (Å²) in [5.74, 6) is 0.660. The van der Waals surface area contributed by atoms with Crippen molar-refractivity contribution in [2.75, 3.05) is 12.0 Å². The van der Waals surface area contributed by atoms with Gasteiger partial charge in [-0.15, -0.1) is 0 Å². The van der Waals surface area contributed by atoms with Gasteiger partial charge in [0.05, 0.1) is 0 Å². The van der Waals surface area contributed by atoms with Crippen LogP contribution in [0.2, 0.25) is 0 Å². The van der Waals surface area contributed by atoms with E-state index in [1.54, 1.807) is 6.26 Å². The first-order valence-electron chi connectivity index (χ1n) is 7.56. The minimum absolute atomic E-state index is 0.167. The monoisotopic (exact) mass is 324 g/mol. The first kappa shape index (κ1) is 17.0. The lowest BCUT2D eigenvalue weighted by Gasteiger charge is -2.37. The molecule has 0 saturated heterocycles. The van der Waals surface area contributed by atoms with E-state index in [-0.39, 0.29) is 18.2 Å². The van der Waals surface area contributed by atoms with Gasteiger partial charge in [0, 0.05) is 40.9 Å². The molecule has 1 fully saturated rings. The molecule has 0 aromatic heterocycles. The molecule has 0 radical (unpaired) electrons. The molecule has 0 spiro atoms. The molecule has 0 heterocycles. The summed E-state index contributed by atoms with van der Waals surface area (Å²) in [7, 11) is -0.781. The van der Waals surface area contributed by atoms with Crippen LogP contribution in [-0.4, -0.2) is 40.4 Å². The minimum atomic E-state index is -0.781. The van der Waals surface area contributed by atoms with Gasteiger partial charge in [-0.1, -0.05) is 30.3 Å². The largest absolute Gasteiger partial charge is 0.445 e. The standard InChI is InChI=1S/C16H24N2O3S/c1-12(11-22(2)20)17-14-8-15(9-14)18-16(19)21-10-13-6-4-3-5-7-13/h3-7,12,14-15,17H,8-11H2,1-2H3,(H,18,19). The predicted octanol–water partition coefficient (Wildman–Crippen LogP) is 1.80. The number of ether oxygens (including phenoxy) is 1. The average Bonchev–Trinajstić information content (AvgIpc) is 2.43. The van der Waals surface area contributed by atoms with Crippen LogP contribution < -0.4 is 10.6 Å². The van der Waals surface area contributed by atoms with E-state index in [2.05, 4.69) is 10.6 Å². The Morgan fingerprint density at radius 3 is 2.64 bits per heavy atom. The summed E-state index contributed by atoms with van der Waals surface area (Å²) in [5.41, 5.74) is 0.979. The molecule has 6 heteroatoms. The van der Waals surface area contributed by atoms with Gasteiger partial charge in [-0.3, -0.25) is 4.21 Å². The topological polar surface area (TPSA) is 67.4 Å². The molecule has 1 amide bonds. The zero-order valence-electron chi connectivity index (χ0n) is 13.1. The second-order valence-electron chi connectivity index (χ2n) is 5.88. The van der Waals surface area contributed by atoms with E-state index in [9.17, 15) is 9.00 Å². The molecule has 22 heavy (non-hydrogen) atoms. The molecule has 1 aromatic rings. The van der Waals surface area contributed by atoms with E-state index >= 15 is 0 Å². The smallest absolute Gasteiger partial charge is 0.407 e. The van der Waals surface area contributed by atoms with Crippen LogP contribution in [0.5, 0.6) is 0 Å². The number of alkyl carbamates (subject to hydrolysis) is 1. The fourth-order valence-corrected chi connectivity index (χ4v) is 3.41. The zero-order chi connectivity index (χ0) is 15.9. The molecule has 0 aliphatic heterocycles. The number of rotatable bonds is 7. The molecule has 0 bridgehead atoms. The fraction of sp³-hybridized carbons (Fsp3) is 0.562. The van der Waals surface area contributed by atoms with Gasteiger partial charge in [0.25, 0.3) is 0 Å². The van der Waals surface area contributed by atoms with Crippen LogP contribution in [-0.2, 0) is 22.1 Å². The van der Waals surface area contributed by atoms with Crippen LogP contribution in [0, 0.1) is 0 Å². The summed E-state index contributed by atoms with van der Waals surface area (Å²) in [6.07, 6.45) is 3.13. The van der Waals surface area contributed by atoms with Gasteiger partial charge in [0.15, 0.2) is 0 Å². The average molecular weight is 324 g/mol. The van der Waals surface area contributed by atoms with E-state index in [4.69, 9.17) is 4.74 Å². The third-order valence-corrected chi connectivity index (χ3v) is 4.65. The fourth-order valence-electron chi connectivity index (χ4n) is 2.61. The molecule has 122 valence electrons. The lowest BCUT2D eigenvalue weighted by atomic mass is 9.86. The molecule has 5 nitrogen and oxygen atoms in total. The lowest BCUT2D eigenvalue weighted by Crippen LogP contribution is -2.55. The maximum absolute atomic E-state index is 11.7. The highest BCUT2D eigenvalue weighted by atomic mass is 32.2. The molecular weight excluding hydrogens is 300 g/mol. The first-order valence-corrected chi connectivity index (χ1v) is 9.29. The number of nitrogens with one attached hydrogen (secondary N) is 2. The maximum atomic E-state index is 11.7. The van der Waals surface area contributed by atoms with Crippen LogP contribution in [0.25, 0.3) is 0 Å². The van der Waals surface area contributed by atoms with E-state index in [1.807, 2.05) is 37.3 Å². The van der Waals surface area contributed by atoms with Crippen molar-refractivity contribution in [2.45, 2.75) is 44.5 Å². The summed E-state index contributed by atoms with van der Waals surface area (Å²) in [4.78, 5) is 11.7. The van der Waals surface area contributed by atoms with Crippen LogP contribution in [0.3, 0.4) is 0 Å². The number of amides is 1. The quantitative estimate of drug-likeness (QED) is 0.802. The SMILES string of the molecule is CC(CS(C)=O)NC1CC(NC(=O)OCc2ccccc2)C1. The molecule has 2 rings (SSSR count). The Labute approximate surface area is 134 Å². The van der Waals surface area contributed by atoms with Crippen LogP contribution in [0.15, 0.2) is 30.3 Å². The Bertz CT molecular complexity index is 503. The number of hydrogen-bond acceptors (Lipinski definition) is 4. The van der Waals surface area contributed by atoms with Crippen molar-refractivity contribution in [1.82, 2.24) is 10.6 Å². The van der Waals surface area contributed by atoms with E-state index in [0.717, 1.165) is 18.4 Å². The molecule has 1 aromatic carbocycles. The van der Waals surface area contributed by atoms with Gasteiger partial charge in [0.2, 0.25) is 0 Å². The summed E-state index contributed by atoms with van der Waals surface area (Å²) in [6, 6.07) is 10.4. The predicted molar refractivity (Wildman–Crippen MR) is 88.1 cm³/mol. The van der Waals surface area contributed by atoms with Gasteiger partial charge < -0.3 is 15.4 Å². The highest BCUT2D eigenvalue weighted by molar-refractivity contribution is 7.84. The van der Waals surface area contributed by atoms with Crippen molar-refractivity contribution in [3.63, 3.8) is 0 Å². The molecule has 1 aliphatic rings. The maximum Gasteiger partial charge on any atom is 0.407 e. The molecule has 2 unspecified atom stereocenters. The summed E-state index contributed by atoms with van der Waals surface area (Å²) in [5, 5.41) is 6.29. The summed E-state index contributed by atoms with van der Waals surface area (Å²) in [6.45, 7) is 2.33. The molecule has 1 aliphatic carbocycles. The van der Waals surface area contributed by atoms with E-state index in [1.165, 1.54) is 0 Å². The first-order chi connectivity index (χ1) is 10.5. The summed E-state index contributed by atoms with van der Waals surface area (Å²) < 4.78 is 16.3. The second kappa shape index (κ2) is 8.29. The minimum Gasteiger partial charge on any atom is -0.445 e. The van der Waals surface area contributed by atoms with Crippen molar-refractivity contribution < 1.29 is 13.7 Å². The Kier molecular flexibility index (Phi) is 6.39. The van der Waals surface area contributed by atoms with Gasteiger partial charge in [-0.05, 0) is 25.3 Å². The zero-order valence-corrected chi connectivity index (χ0v) is 13.9. The Morgan fingerprint density at radius 1 is 1.32 bits per heavy atom. The van der Waals surface area contributed by atoms with Crippen molar-refractivity contribution in [3.8, 4) is 0 Å². The van der Waals surface area contributed by atoms with Crippen LogP contribution in [0.4, 0.5) is 4.79 Å². The van der Waals surface area contributed by atoms with Gasteiger partial charge >= 0.3 is 6.09 Å². The van der Waals surface area contributed by atoms with Crippen molar-refractivity contribution >= 4 is 16.9 Å². The highest BCUT2D eigenvalue weighted by Gasteiger charge is 2.31. The van der Waals surface area contributed by atoms with Gasteiger partial charge in [-0.2, -0.15) is 0 Å². The molecule has 1 saturated carbocycles. The highest BCUT2D eigenvalue weighted by Crippen LogP contribution is 2.20. The van der Waals surface area contributed by atoms with Crippen molar-refractivity contribution in [2.24, 2.45) is 0 Å². The van der Waals surface area contributed by atoms with Crippen LogP contribution >= 0.6 is 0 Å². The molecular formula is C16H24N2O3S. The Hall–Kier alpha value is -1.40. The Morgan fingerprint density at radius 2 is 2.00 bits per heavy atom. The third-order valence-electron chi connectivity index (χ3n) is 3.68. The molecule has 2 atom stereocenters. The number of hydrogen-bond donors (Lipinski definition) is 2. The van der Waals surface area contributed by atoms with Crippen LogP contribution in [0.1, 0.15) is 25.3 Å². The van der Waals surface area contributed by atoms with Crippen molar-refractivity contribution in [1.29, 1.82) is 0 Å². The summed E-state index contributed by atoms with van der Waals surface area (Å²) >= 11 is 0. The number of carbonyl (C=O) groups excluding carboxylic acids is 1. The lowest BCUT2D eigenvalue weighted by molar-refractivity contribution is 0.125. The van der Waals surface area contributed by atoms with Gasteiger partial charge in [0.1, 0.15) is 6.61 Å².